The van der Waals surface area contributed by atoms with Crippen LogP contribution in [0.1, 0.15) is 45.1 Å². The molecule has 0 aliphatic heterocycles. The second-order valence-corrected chi connectivity index (χ2v) is 5.15. The topological polar surface area (TPSA) is 21.3 Å². The van der Waals surface area contributed by atoms with Crippen LogP contribution in [0.15, 0.2) is 30.3 Å². The number of nitrogens with one attached hydrogen (secondary N) is 1. The Labute approximate surface area is 118 Å². The van der Waals surface area contributed by atoms with Crippen LogP contribution in [0.2, 0.25) is 0 Å². The maximum Gasteiger partial charge on any atom is 0.0724 e. The lowest BCUT2D eigenvalue weighted by molar-refractivity contribution is 0.0582. The highest BCUT2D eigenvalue weighted by atomic mass is 16.5. The predicted molar refractivity (Wildman–Crippen MR) is 82.5 cm³/mol. The van der Waals surface area contributed by atoms with Crippen molar-refractivity contribution in [1.82, 2.24) is 5.32 Å². The Kier molecular flexibility index (Phi) is 8.52. The van der Waals surface area contributed by atoms with Crippen molar-refractivity contribution < 1.29 is 4.74 Å². The van der Waals surface area contributed by atoms with E-state index in [2.05, 4.69) is 49.5 Å². The van der Waals surface area contributed by atoms with Crippen molar-refractivity contribution in [2.45, 2.75) is 58.1 Å². The summed E-state index contributed by atoms with van der Waals surface area (Å²) in [6.45, 7) is 5.51. The van der Waals surface area contributed by atoms with E-state index in [1.54, 1.807) is 0 Å². The van der Waals surface area contributed by atoms with Crippen LogP contribution in [0.4, 0.5) is 0 Å². The summed E-state index contributed by atoms with van der Waals surface area (Å²) in [6.07, 6.45) is 6.07. The minimum Gasteiger partial charge on any atom is -0.380 e. The molecule has 2 nitrogen and oxygen atoms in total. The van der Waals surface area contributed by atoms with E-state index >= 15 is 0 Å². The van der Waals surface area contributed by atoms with Gasteiger partial charge in [0, 0.05) is 13.2 Å². The minimum absolute atomic E-state index is 0.334. The van der Waals surface area contributed by atoms with Gasteiger partial charge in [-0.3, -0.25) is 0 Å². The van der Waals surface area contributed by atoms with E-state index in [0.717, 1.165) is 25.8 Å². The molecule has 2 unspecified atom stereocenters. The smallest absolute Gasteiger partial charge is 0.0724 e. The van der Waals surface area contributed by atoms with E-state index < -0.39 is 0 Å². The van der Waals surface area contributed by atoms with Gasteiger partial charge in [-0.1, -0.05) is 50.6 Å². The Balaban J connectivity index is 2.52. The highest BCUT2D eigenvalue weighted by Gasteiger charge is 2.19. The Hall–Kier alpha value is -0.860. The van der Waals surface area contributed by atoms with Crippen LogP contribution in [-0.2, 0) is 11.2 Å². The van der Waals surface area contributed by atoms with Crippen molar-refractivity contribution in [2.24, 2.45) is 0 Å². The molecule has 0 bridgehead atoms. The van der Waals surface area contributed by atoms with Crippen molar-refractivity contribution in [2.75, 3.05) is 13.7 Å². The van der Waals surface area contributed by atoms with Crippen LogP contribution in [0.25, 0.3) is 0 Å². The first-order valence-corrected chi connectivity index (χ1v) is 7.61. The van der Waals surface area contributed by atoms with Gasteiger partial charge >= 0.3 is 0 Å². The van der Waals surface area contributed by atoms with Crippen LogP contribution < -0.4 is 5.32 Å². The lowest BCUT2D eigenvalue weighted by atomic mass is 9.98. The van der Waals surface area contributed by atoms with Gasteiger partial charge in [0.2, 0.25) is 0 Å². The molecule has 2 atom stereocenters. The highest BCUT2D eigenvalue weighted by Crippen LogP contribution is 2.13. The van der Waals surface area contributed by atoms with Crippen molar-refractivity contribution in [3.05, 3.63) is 35.9 Å². The lowest BCUT2D eigenvalue weighted by Crippen LogP contribution is -2.41. The number of aryl methyl sites for hydroxylation is 1. The second kappa shape index (κ2) is 9.99. The van der Waals surface area contributed by atoms with E-state index in [4.69, 9.17) is 4.74 Å². The normalized spacial score (nSPS) is 14.3. The van der Waals surface area contributed by atoms with Crippen molar-refractivity contribution in [3.63, 3.8) is 0 Å². The summed E-state index contributed by atoms with van der Waals surface area (Å²) in [7, 11) is 1.84. The number of hydrogen-bond acceptors (Lipinski definition) is 2. The monoisotopic (exact) mass is 263 g/mol. The van der Waals surface area contributed by atoms with Gasteiger partial charge in [0.1, 0.15) is 0 Å². The Morgan fingerprint density at radius 1 is 1.05 bits per heavy atom. The average molecular weight is 263 g/mol. The molecule has 19 heavy (non-hydrogen) atoms. The van der Waals surface area contributed by atoms with Crippen molar-refractivity contribution in [3.8, 4) is 0 Å². The molecule has 1 aromatic carbocycles. The molecule has 1 N–H and O–H groups in total. The largest absolute Gasteiger partial charge is 0.380 e. The summed E-state index contributed by atoms with van der Waals surface area (Å²) in [5.41, 5.74) is 1.41. The first kappa shape index (κ1) is 16.2. The maximum atomic E-state index is 5.68. The average Bonchev–Trinajstić information content (AvgIpc) is 2.46. The zero-order valence-electron chi connectivity index (χ0n) is 12.7. The molecule has 2 heteroatoms. The quantitative estimate of drug-likeness (QED) is 0.693. The fraction of sp³-hybridized carbons (Fsp3) is 0.647. The molecule has 0 fully saturated rings. The molecular formula is C17H29NO. The first-order valence-electron chi connectivity index (χ1n) is 7.61. The molecule has 1 rings (SSSR count). The zero-order chi connectivity index (χ0) is 13.9. The maximum absolute atomic E-state index is 5.68. The van der Waals surface area contributed by atoms with Crippen LogP contribution in [0.3, 0.4) is 0 Å². The molecule has 0 saturated carbocycles. The lowest BCUT2D eigenvalue weighted by Gasteiger charge is -2.27. The number of ether oxygens (including phenoxy) is 1. The third-order valence-corrected chi connectivity index (χ3v) is 3.57. The summed E-state index contributed by atoms with van der Waals surface area (Å²) in [5, 5.41) is 3.65. The van der Waals surface area contributed by atoms with Gasteiger partial charge in [-0.2, -0.15) is 0 Å². The van der Waals surface area contributed by atoms with Crippen molar-refractivity contribution >= 4 is 0 Å². The molecule has 0 amide bonds. The summed E-state index contributed by atoms with van der Waals surface area (Å²) in [6, 6.07) is 11.2. The van der Waals surface area contributed by atoms with E-state index in [1.165, 1.54) is 18.4 Å². The number of methoxy groups -OCH3 is 1. The molecular weight excluding hydrogens is 234 g/mol. The van der Waals surface area contributed by atoms with Crippen LogP contribution >= 0.6 is 0 Å². The van der Waals surface area contributed by atoms with Gasteiger partial charge in [-0.25, -0.2) is 0 Å². The number of benzene rings is 1. The highest BCUT2D eigenvalue weighted by molar-refractivity contribution is 5.14. The summed E-state index contributed by atoms with van der Waals surface area (Å²) >= 11 is 0. The van der Waals surface area contributed by atoms with Gasteiger partial charge in [-0.15, -0.1) is 0 Å². The third kappa shape index (κ3) is 6.22. The second-order valence-electron chi connectivity index (χ2n) is 5.15. The molecule has 0 radical (unpaired) electrons. The summed E-state index contributed by atoms with van der Waals surface area (Å²) in [4.78, 5) is 0. The summed E-state index contributed by atoms with van der Waals surface area (Å²) in [5.74, 6) is 0. The SMILES string of the molecule is CCCNC(CCc1ccccc1)C(CCC)OC. The standard InChI is InChI=1S/C17H29NO/c1-4-9-17(19-3)16(18-14-5-2)13-12-15-10-7-6-8-11-15/h6-8,10-11,16-18H,4-5,9,12-14H2,1-3H3. The van der Waals surface area contributed by atoms with Gasteiger partial charge in [0.05, 0.1) is 6.10 Å². The number of rotatable bonds is 10. The zero-order valence-corrected chi connectivity index (χ0v) is 12.7. The van der Waals surface area contributed by atoms with E-state index in [0.29, 0.717) is 12.1 Å². The summed E-state index contributed by atoms with van der Waals surface area (Å²) < 4.78 is 5.68. The molecule has 0 aromatic heterocycles. The fourth-order valence-electron chi connectivity index (χ4n) is 2.48. The van der Waals surface area contributed by atoms with E-state index in [-0.39, 0.29) is 0 Å². The molecule has 1 aromatic rings. The molecule has 108 valence electrons. The van der Waals surface area contributed by atoms with Gasteiger partial charge in [-0.05, 0) is 37.8 Å². The molecule has 0 aliphatic rings. The third-order valence-electron chi connectivity index (χ3n) is 3.57. The predicted octanol–water partition coefficient (Wildman–Crippen LogP) is 3.80. The van der Waals surface area contributed by atoms with E-state index in [9.17, 15) is 0 Å². The van der Waals surface area contributed by atoms with Crippen LogP contribution in [0, 0.1) is 0 Å². The Bertz CT molecular complexity index is 312. The van der Waals surface area contributed by atoms with Crippen molar-refractivity contribution in [1.29, 1.82) is 0 Å². The number of hydrogen-bond donors (Lipinski definition) is 1. The molecule has 0 aliphatic carbocycles. The Morgan fingerprint density at radius 2 is 1.79 bits per heavy atom. The van der Waals surface area contributed by atoms with Gasteiger partial charge in [0.25, 0.3) is 0 Å². The minimum atomic E-state index is 0.334. The van der Waals surface area contributed by atoms with Gasteiger partial charge < -0.3 is 10.1 Å². The molecule has 0 saturated heterocycles. The molecule has 0 spiro atoms. The fourth-order valence-corrected chi connectivity index (χ4v) is 2.48. The van der Waals surface area contributed by atoms with Crippen LogP contribution in [-0.4, -0.2) is 25.8 Å². The van der Waals surface area contributed by atoms with E-state index in [1.807, 2.05) is 7.11 Å². The molecule has 0 heterocycles. The Morgan fingerprint density at radius 3 is 2.37 bits per heavy atom. The first-order chi connectivity index (χ1) is 9.31. The van der Waals surface area contributed by atoms with Crippen LogP contribution in [0.5, 0.6) is 0 Å². The van der Waals surface area contributed by atoms with Gasteiger partial charge in [0.15, 0.2) is 0 Å².